The molecule has 23 heavy (non-hydrogen) atoms. The van der Waals surface area contributed by atoms with Crippen molar-refractivity contribution < 1.29 is 0 Å². The molecule has 0 radical (unpaired) electrons. The van der Waals surface area contributed by atoms with Gasteiger partial charge in [-0.3, -0.25) is 0 Å². The van der Waals surface area contributed by atoms with Crippen LogP contribution in [0, 0.1) is 0 Å². The highest BCUT2D eigenvalue weighted by atomic mass is 15.1. The lowest BCUT2D eigenvalue weighted by Crippen LogP contribution is -2.10. The molecule has 0 bridgehead atoms. The minimum atomic E-state index is 0.745. The van der Waals surface area contributed by atoms with Crippen LogP contribution in [0.1, 0.15) is 5.56 Å². The van der Waals surface area contributed by atoms with Crippen LogP contribution < -0.4 is 10.2 Å². The van der Waals surface area contributed by atoms with Crippen molar-refractivity contribution in [2.24, 2.45) is 0 Å². The molecule has 1 aromatic heterocycles. The molecule has 1 N–H and O–H groups in total. The van der Waals surface area contributed by atoms with Gasteiger partial charge in [-0.15, -0.1) is 0 Å². The highest BCUT2D eigenvalue weighted by Crippen LogP contribution is 2.24. The summed E-state index contributed by atoms with van der Waals surface area (Å²) in [5.74, 6) is 0.888. The van der Waals surface area contributed by atoms with Gasteiger partial charge < -0.3 is 10.2 Å². The van der Waals surface area contributed by atoms with Gasteiger partial charge in [0, 0.05) is 38.6 Å². The average molecular weight is 303 g/mol. The lowest BCUT2D eigenvalue weighted by atomic mass is 10.00. The highest BCUT2D eigenvalue weighted by Gasteiger charge is 2.05. The SMILES string of the molecule is CN(C)c1ccnc(NCc2ccccc2-c2ccccc2)c1. The van der Waals surface area contributed by atoms with E-state index in [4.69, 9.17) is 0 Å². The number of aromatic nitrogens is 1. The van der Waals surface area contributed by atoms with Crippen molar-refractivity contribution >= 4 is 11.5 Å². The van der Waals surface area contributed by atoms with Crippen LogP contribution in [0.5, 0.6) is 0 Å². The summed E-state index contributed by atoms with van der Waals surface area (Å²) in [6.07, 6.45) is 1.83. The van der Waals surface area contributed by atoms with Crippen LogP contribution in [0.25, 0.3) is 11.1 Å². The minimum absolute atomic E-state index is 0.745. The van der Waals surface area contributed by atoms with E-state index in [0.29, 0.717) is 0 Å². The fourth-order valence-corrected chi connectivity index (χ4v) is 2.55. The van der Waals surface area contributed by atoms with E-state index in [9.17, 15) is 0 Å². The first-order valence-electron chi connectivity index (χ1n) is 7.74. The van der Waals surface area contributed by atoms with E-state index in [1.54, 1.807) is 0 Å². The molecule has 2 aromatic carbocycles. The van der Waals surface area contributed by atoms with Crippen LogP contribution in [0.4, 0.5) is 11.5 Å². The van der Waals surface area contributed by atoms with Crippen LogP contribution in [0.3, 0.4) is 0 Å². The molecule has 3 aromatic rings. The summed E-state index contributed by atoms with van der Waals surface area (Å²) >= 11 is 0. The molecule has 0 spiro atoms. The smallest absolute Gasteiger partial charge is 0.128 e. The third kappa shape index (κ3) is 3.69. The van der Waals surface area contributed by atoms with Gasteiger partial charge in [-0.25, -0.2) is 4.98 Å². The summed E-state index contributed by atoms with van der Waals surface area (Å²) in [5, 5.41) is 3.43. The summed E-state index contributed by atoms with van der Waals surface area (Å²) in [5.41, 5.74) is 4.89. The monoisotopic (exact) mass is 303 g/mol. The van der Waals surface area contributed by atoms with E-state index in [1.165, 1.54) is 16.7 Å². The number of rotatable bonds is 5. The number of anilines is 2. The fraction of sp³-hybridized carbons (Fsp3) is 0.150. The van der Waals surface area contributed by atoms with Gasteiger partial charge in [0.05, 0.1) is 0 Å². The molecule has 3 heteroatoms. The van der Waals surface area contributed by atoms with Gasteiger partial charge in [0.15, 0.2) is 0 Å². The van der Waals surface area contributed by atoms with E-state index < -0.39 is 0 Å². The van der Waals surface area contributed by atoms with Crippen molar-refractivity contribution in [1.82, 2.24) is 4.98 Å². The number of hydrogen-bond donors (Lipinski definition) is 1. The van der Waals surface area contributed by atoms with Crippen molar-refractivity contribution in [3.8, 4) is 11.1 Å². The Morgan fingerprint density at radius 1 is 0.913 bits per heavy atom. The number of hydrogen-bond acceptors (Lipinski definition) is 3. The summed E-state index contributed by atoms with van der Waals surface area (Å²) in [4.78, 5) is 6.48. The Morgan fingerprint density at radius 3 is 2.43 bits per heavy atom. The summed E-state index contributed by atoms with van der Waals surface area (Å²) in [6.45, 7) is 0.745. The molecule has 3 nitrogen and oxygen atoms in total. The standard InChI is InChI=1S/C20H21N3/c1-23(2)18-12-13-21-20(14-18)22-15-17-10-6-7-11-19(17)16-8-4-3-5-9-16/h3-14H,15H2,1-2H3,(H,21,22). The first-order valence-corrected chi connectivity index (χ1v) is 7.74. The fourth-order valence-electron chi connectivity index (χ4n) is 2.55. The van der Waals surface area contributed by atoms with E-state index in [1.807, 2.05) is 32.4 Å². The van der Waals surface area contributed by atoms with Gasteiger partial charge in [0.2, 0.25) is 0 Å². The molecular formula is C20H21N3. The predicted molar refractivity (Wildman–Crippen MR) is 97.8 cm³/mol. The maximum absolute atomic E-state index is 4.40. The van der Waals surface area contributed by atoms with Gasteiger partial charge >= 0.3 is 0 Å². The predicted octanol–water partition coefficient (Wildman–Crippen LogP) is 4.43. The maximum atomic E-state index is 4.40. The molecule has 0 aliphatic heterocycles. The Labute approximate surface area is 137 Å². The minimum Gasteiger partial charge on any atom is -0.378 e. The normalized spacial score (nSPS) is 10.3. The van der Waals surface area contributed by atoms with Crippen LogP contribution >= 0.6 is 0 Å². The van der Waals surface area contributed by atoms with Crippen molar-refractivity contribution in [1.29, 1.82) is 0 Å². The van der Waals surface area contributed by atoms with Crippen molar-refractivity contribution in [2.75, 3.05) is 24.3 Å². The quantitative estimate of drug-likeness (QED) is 0.756. The zero-order valence-corrected chi connectivity index (χ0v) is 13.5. The topological polar surface area (TPSA) is 28.2 Å². The summed E-state index contributed by atoms with van der Waals surface area (Å²) < 4.78 is 0. The molecule has 0 unspecified atom stereocenters. The Morgan fingerprint density at radius 2 is 1.65 bits per heavy atom. The van der Waals surface area contributed by atoms with Gasteiger partial charge in [-0.1, -0.05) is 54.6 Å². The highest BCUT2D eigenvalue weighted by molar-refractivity contribution is 5.67. The van der Waals surface area contributed by atoms with Crippen LogP contribution in [0.2, 0.25) is 0 Å². The molecule has 0 aliphatic rings. The van der Waals surface area contributed by atoms with Crippen molar-refractivity contribution in [3.63, 3.8) is 0 Å². The lowest BCUT2D eigenvalue weighted by Gasteiger charge is -2.15. The third-order valence-corrected chi connectivity index (χ3v) is 3.82. The zero-order valence-electron chi connectivity index (χ0n) is 13.5. The van der Waals surface area contributed by atoms with Gasteiger partial charge in [-0.05, 0) is 22.8 Å². The van der Waals surface area contributed by atoms with Gasteiger partial charge in [0.25, 0.3) is 0 Å². The second-order valence-electron chi connectivity index (χ2n) is 5.67. The molecule has 3 rings (SSSR count). The molecule has 1 heterocycles. The number of pyridine rings is 1. The van der Waals surface area contributed by atoms with E-state index >= 15 is 0 Å². The number of nitrogens with zero attached hydrogens (tertiary/aromatic N) is 2. The van der Waals surface area contributed by atoms with Crippen molar-refractivity contribution in [2.45, 2.75) is 6.54 Å². The number of benzene rings is 2. The Kier molecular flexibility index (Phi) is 4.57. The lowest BCUT2D eigenvalue weighted by molar-refractivity contribution is 1.09. The summed E-state index contributed by atoms with van der Waals surface area (Å²) in [6, 6.07) is 23.0. The Bertz CT molecular complexity index is 767. The first-order chi connectivity index (χ1) is 11.2. The van der Waals surface area contributed by atoms with E-state index in [2.05, 4.69) is 69.8 Å². The number of nitrogens with one attached hydrogen (secondary N) is 1. The molecule has 0 aliphatic carbocycles. The van der Waals surface area contributed by atoms with Gasteiger partial charge in [0.1, 0.15) is 5.82 Å². The largest absolute Gasteiger partial charge is 0.378 e. The van der Waals surface area contributed by atoms with Crippen LogP contribution in [-0.2, 0) is 6.54 Å². The van der Waals surface area contributed by atoms with E-state index in [-0.39, 0.29) is 0 Å². The average Bonchev–Trinajstić information content (AvgIpc) is 2.61. The second kappa shape index (κ2) is 6.97. The first kappa shape index (κ1) is 15.1. The van der Waals surface area contributed by atoms with Crippen molar-refractivity contribution in [3.05, 3.63) is 78.5 Å². The van der Waals surface area contributed by atoms with Crippen LogP contribution in [0.15, 0.2) is 72.9 Å². The Hall–Kier alpha value is -2.81. The maximum Gasteiger partial charge on any atom is 0.128 e. The van der Waals surface area contributed by atoms with Crippen LogP contribution in [-0.4, -0.2) is 19.1 Å². The molecule has 0 fully saturated rings. The summed E-state index contributed by atoms with van der Waals surface area (Å²) in [7, 11) is 4.06. The molecule has 0 saturated carbocycles. The Balaban J connectivity index is 1.80. The molecule has 0 atom stereocenters. The second-order valence-corrected chi connectivity index (χ2v) is 5.67. The molecule has 116 valence electrons. The van der Waals surface area contributed by atoms with Gasteiger partial charge in [-0.2, -0.15) is 0 Å². The van der Waals surface area contributed by atoms with E-state index in [0.717, 1.165) is 18.1 Å². The third-order valence-electron chi connectivity index (χ3n) is 3.82. The molecular weight excluding hydrogens is 282 g/mol. The zero-order chi connectivity index (χ0) is 16.1. The molecule has 0 amide bonds. The molecule has 0 saturated heterocycles.